The fourth-order valence-corrected chi connectivity index (χ4v) is 1.84. The van der Waals surface area contributed by atoms with Gasteiger partial charge >= 0.3 is 6.03 Å². The maximum atomic E-state index is 11.8. The van der Waals surface area contributed by atoms with Gasteiger partial charge in [0, 0.05) is 18.6 Å². The van der Waals surface area contributed by atoms with Gasteiger partial charge in [0.25, 0.3) is 0 Å². The van der Waals surface area contributed by atoms with E-state index in [1.165, 1.54) is 0 Å². The van der Waals surface area contributed by atoms with Crippen LogP contribution >= 0.6 is 11.6 Å². The first-order valence-corrected chi connectivity index (χ1v) is 7.35. The number of halogens is 1. The lowest BCUT2D eigenvalue weighted by atomic mass is 10.3. The normalized spacial score (nSPS) is 13.4. The molecule has 2 amide bonds. The summed E-state index contributed by atoms with van der Waals surface area (Å²) in [4.78, 5) is 13.4. The topological polar surface area (TPSA) is 61.8 Å². The summed E-state index contributed by atoms with van der Waals surface area (Å²) < 4.78 is 5.67. The lowest BCUT2D eigenvalue weighted by Crippen LogP contribution is -2.42. The van der Waals surface area contributed by atoms with Crippen molar-refractivity contribution in [2.24, 2.45) is 0 Å². The molecule has 0 saturated carbocycles. The molecule has 118 valence electrons. The van der Waals surface area contributed by atoms with Gasteiger partial charge in [-0.25, -0.2) is 4.79 Å². The van der Waals surface area contributed by atoms with E-state index in [2.05, 4.69) is 5.32 Å². The van der Waals surface area contributed by atoms with Crippen molar-refractivity contribution in [1.82, 2.24) is 10.2 Å². The van der Waals surface area contributed by atoms with Crippen LogP contribution in [-0.2, 0) is 0 Å². The van der Waals surface area contributed by atoms with Gasteiger partial charge in [0.15, 0.2) is 0 Å². The van der Waals surface area contributed by atoms with Crippen molar-refractivity contribution in [2.45, 2.75) is 32.5 Å². The third-order valence-electron chi connectivity index (χ3n) is 2.90. The van der Waals surface area contributed by atoms with E-state index in [1.807, 2.05) is 19.1 Å². The number of hydrogen-bond donors (Lipinski definition) is 2. The molecule has 0 bridgehead atoms. The first kappa shape index (κ1) is 17.6. The number of urea groups is 1. The largest absolute Gasteiger partial charge is 0.489 e. The molecule has 5 nitrogen and oxygen atoms in total. The summed E-state index contributed by atoms with van der Waals surface area (Å²) in [6, 6.07) is 6.95. The fraction of sp³-hybridized carbons (Fsp3) is 0.533. The van der Waals surface area contributed by atoms with Crippen LogP contribution in [0.2, 0.25) is 5.02 Å². The number of carbonyl (C=O) groups is 1. The van der Waals surface area contributed by atoms with Crippen molar-refractivity contribution in [2.75, 3.05) is 20.1 Å². The van der Waals surface area contributed by atoms with Gasteiger partial charge in [-0.3, -0.25) is 0 Å². The summed E-state index contributed by atoms with van der Waals surface area (Å²) >= 11 is 5.88. The second-order valence-corrected chi connectivity index (χ2v) is 5.57. The van der Waals surface area contributed by atoms with Gasteiger partial charge in [-0.1, -0.05) is 17.7 Å². The highest BCUT2D eigenvalue weighted by molar-refractivity contribution is 6.30. The molecule has 1 rings (SSSR count). The van der Waals surface area contributed by atoms with Gasteiger partial charge in [-0.05, 0) is 38.5 Å². The van der Waals surface area contributed by atoms with E-state index in [4.69, 9.17) is 16.3 Å². The quantitative estimate of drug-likeness (QED) is 0.813. The smallest absolute Gasteiger partial charge is 0.317 e. The number of ether oxygens (including phenoxy) is 1. The van der Waals surface area contributed by atoms with E-state index < -0.39 is 6.10 Å². The molecule has 0 aliphatic carbocycles. The van der Waals surface area contributed by atoms with Crippen molar-refractivity contribution in [3.63, 3.8) is 0 Å². The Labute approximate surface area is 130 Å². The average Bonchev–Trinajstić information content (AvgIpc) is 2.42. The van der Waals surface area contributed by atoms with Gasteiger partial charge in [-0.15, -0.1) is 0 Å². The Hall–Kier alpha value is -1.46. The zero-order valence-electron chi connectivity index (χ0n) is 12.7. The van der Waals surface area contributed by atoms with Gasteiger partial charge in [0.05, 0.1) is 12.6 Å². The summed E-state index contributed by atoms with van der Waals surface area (Å²) in [6.45, 7) is 4.47. The van der Waals surface area contributed by atoms with Crippen LogP contribution in [0, 0.1) is 0 Å². The van der Waals surface area contributed by atoms with Gasteiger partial charge in [-0.2, -0.15) is 0 Å². The van der Waals surface area contributed by atoms with Gasteiger partial charge in [0.1, 0.15) is 11.9 Å². The highest BCUT2D eigenvalue weighted by atomic mass is 35.5. The Morgan fingerprint density at radius 1 is 1.48 bits per heavy atom. The van der Waals surface area contributed by atoms with E-state index in [9.17, 15) is 9.90 Å². The Morgan fingerprint density at radius 3 is 2.81 bits per heavy atom. The Balaban J connectivity index is 2.32. The minimum Gasteiger partial charge on any atom is -0.489 e. The average molecular weight is 315 g/mol. The molecule has 2 unspecified atom stereocenters. The highest BCUT2D eigenvalue weighted by Crippen LogP contribution is 2.18. The van der Waals surface area contributed by atoms with Crippen molar-refractivity contribution in [3.05, 3.63) is 29.3 Å². The molecule has 2 atom stereocenters. The maximum Gasteiger partial charge on any atom is 0.317 e. The van der Waals surface area contributed by atoms with Crippen molar-refractivity contribution >= 4 is 17.6 Å². The number of rotatable bonds is 7. The van der Waals surface area contributed by atoms with Crippen LogP contribution in [0.1, 0.15) is 20.3 Å². The number of nitrogens with one attached hydrogen (secondary N) is 1. The van der Waals surface area contributed by atoms with Crippen molar-refractivity contribution in [3.8, 4) is 5.75 Å². The number of nitrogens with zero attached hydrogens (tertiary/aromatic N) is 1. The first-order valence-electron chi connectivity index (χ1n) is 6.97. The van der Waals surface area contributed by atoms with E-state index >= 15 is 0 Å². The van der Waals surface area contributed by atoms with Gasteiger partial charge < -0.3 is 20.1 Å². The molecule has 6 heteroatoms. The molecule has 2 N–H and O–H groups in total. The SMILES string of the molecule is CC(O)CCN(C)C(=O)NCC(C)Oc1cccc(Cl)c1. The summed E-state index contributed by atoms with van der Waals surface area (Å²) in [7, 11) is 1.69. The lowest BCUT2D eigenvalue weighted by molar-refractivity contribution is 0.160. The number of hydrogen-bond acceptors (Lipinski definition) is 3. The molecule has 0 aromatic heterocycles. The van der Waals surface area contributed by atoms with Crippen molar-refractivity contribution in [1.29, 1.82) is 0 Å². The molecule has 0 aliphatic heterocycles. The summed E-state index contributed by atoms with van der Waals surface area (Å²) in [5.74, 6) is 0.673. The second-order valence-electron chi connectivity index (χ2n) is 5.13. The maximum absolute atomic E-state index is 11.8. The van der Waals surface area contributed by atoms with Crippen LogP contribution in [0.4, 0.5) is 4.79 Å². The van der Waals surface area contributed by atoms with Crippen LogP contribution in [0.25, 0.3) is 0 Å². The van der Waals surface area contributed by atoms with Crippen LogP contribution in [-0.4, -0.2) is 48.4 Å². The van der Waals surface area contributed by atoms with Crippen LogP contribution < -0.4 is 10.1 Å². The molecular weight excluding hydrogens is 292 g/mol. The standard InChI is InChI=1S/C15H23ClN2O3/c1-11(19)7-8-18(3)15(20)17-10-12(2)21-14-6-4-5-13(16)9-14/h4-6,9,11-12,19H,7-8,10H2,1-3H3,(H,17,20). The molecule has 1 aromatic rings. The summed E-state index contributed by atoms with van der Waals surface area (Å²) in [5.41, 5.74) is 0. The van der Waals surface area contributed by atoms with E-state index in [-0.39, 0.29) is 12.1 Å². The highest BCUT2D eigenvalue weighted by Gasteiger charge is 2.11. The molecule has 0 fully saturated rings. The number of aliphatic hydroxyl groups is 1. The molecule has 21 heavy (non-hydrogen) atoms. The summed E-state index contributed by atoms with van der Waals surface area (Å²) in [6.07, 6.45) is -0.0266. The summed E-state index contributed by atoms with van der Waals surface area (Å²) in [5, 5.41) is 12.6. The fourth-order valence-electron chi connectivity index (χ4n) is 1.66. The van der Waals surface area contributed by atoms with E-state index in [1.54, 1.807) is 31.0 Å². The molecule has 0 radical (unpaired) electrons. The predicted molar refractivity (Wildman–Crippen MR) is 83.9 cm³/mol. The second kappa shape index (κ2) is 8.74. The predicted octanol–water partition coefficient (Wildman–Crippen LogP) is 2.52. The zero-order valence-corrected chi connectivity index (χ0v) is 13.4. The molecule has 1 aromatic carbocycles. The minimum absolute atomic E-state index is 0.169. The zero-order chi connectivity index (χ0) is 15.8. The molecule has 0 aliphatic rings. The third kappa shape index (κ3) is 7.20. The van der Waals surface area contributed by atoms with Crippen LogP contribution in [0.5, 0.6) is 5.75 Å². The number of amides is 2. The van der Waals surface area contributed by atoms with Crippen LogP contribution in [0.15, 0.2) is 24.3 Å². The lowest BCUT2D eigenvalue weighted by Gasteiger charge is -2.21. The molecule has 0 saturated heterocycles. The number of benzene rings is 1. The first-order chi connectivity index (χ1) is 9.88. The number of carbonyl (C=O) groups excluding carboxylic acids is 1. The Kier molecular flexibility index (Phi) is 7.32. The minimum atomic E-state index is -0.412. The Bertz CT molecular complexity index is 454. The number of aliphatic hydroxyl groups excluding tert-OH is 1. The third-order valence-corrected chi connectivity index (χ3v) is 3.14. The van der Waals surface area contributed by atoms with E-state index in [0.717, 1.165) is 0 Å². The van der Waals surface area contributed by atoms with Crippen LogP contribution in [0.3, 0.4) is 0 Å². The Morgan fingerprint density at radius 2 is 2.19 bits per heavy atom. The monoisotopic (exact) mass is 314 g/mol. The van der Waals surface area contributed by atoms with Gasteiger partial charge in [0.2, 0.25) is 0 Å². The van der Waals surface area contributed by atoms with Crippen molar-refractivity contribution < 1.29 is 14.6 Å². The molecule has 0 spiro atoms. The van der Waals surface area contributed by atoms with E-state index in [0.29, 0.717) is 30.3 Å². The molecular formula is C15H23ClN2O3. The molecule has 0 heterocycles.